The smallest absolute Gasteiger partial charge is 0.203 e. The van der Waals surface area contributed by atoms with Crippen molar-refractivity contribution in [1.82, 2.24) is 0 Å². The van der Waals surface area contributed by atoms with Gasteiger partial charge in [0.05, 0.1) is 30.5 Å². The standard InChI is InChI=1S/C18H16I2O5/c1-23-15-7-5-10(17(24-2)18(15)25-3)4-6-14(21)12-8-11(19)9-13(20)16(12)22/h4-9,22H,1-3H3/b6-4+. The second kappa shape index (κ2) is 8.75. The van der Waals surface area contributed by atoms with E-state index in [2.05, 4.69) is 22.6 Å². The van der Waals surface area contributed by atoms with Gasteiger partial charge in [-0.15, -0.1) is 0 Å². The first-order valence-electron chi connectivity index (χ1n) is 7.12. The van der Waals surface area contributed by atoms with Crippen molar-refractivity contribution in [1.29, 1.82) is 0 Å². The number of phenolic OH excluding ortho intramolecular Hbond substituents is 1. The van der Waals surface area contributed by atoms with Gasteiger partial charge in [-0.2, -0.15) is 0 Å². The molecule has 0 spiro atoms. The number of phenols is 1. The van der Waals surface area contributed by atoms with Crippen molar-refractivity contribution in [3.8, 4) is 23.0 Å². The van der Waals surface area contributed by atoms with E-state index in [1.165, 1.54) is 27.4 Å². The predicted molar refractivity (Wildman–Crippen MR) is 113 cm³/mol. The van der Waals surface area contributed by atoms with Gasteiger partial charge < -0.3 is 19.3 Å². The van der Waals surface area contributed by atoms with Gasteiger partial charge in [0.15, 0.2) is 17.3 Å². The number of carbonyl (C=O) groups excluding carboxylic acids is 1. The van der Waals surface area contributed by atoms with Crippen LogP contribution in [0.2, 0.25) is 0 Å². The highest BCUT2D eigenvalue weighted by atomic mass is 127. The van der Waals surface area contributed by atoms with Crippen LogP contribution in [0, 0.1) is 7.14 Å². The Labute approximate surface area is 173 Å². The molecule has 2 aromatic carbocycles. The highest BCUT2D eigenvalue weighted by Gasteiger charge is 2.16. The molecular weight excluding hydrogens is 550 g/mol. The van der Waals surface area contributed by atoms with Gasteiger partial charge >= 0.3 is 0 Å². The molecule has 0 atom stereocenters. The summed E-state index contributed by atoms with van der Waals surface area (Å²) in [6.07, 6.45) is 3.01. The Morgan fingerprint density at radius 1 is 1.04 bits per heavy atom. The SMILES string of the molecule is COc1ccc(/C=C/C(=O)c2cc(I)cc(I)c2O)c(OC)c1OC. The molecule has 2 rings (SSSR count). The van der Waals surface area contributed by atoms with Crippen molar-refractivity contribution < 1.29 is 24.1 Å². The van der Waals surface area contributed by atoms with E-state index in [0.29, 0.717) is 26.4 Å². The normalized spacial score (nSPS) is 10.8. The van der Waals surface area contributed by atoms with E-state index in [9.17, 15) is 9.90 Å². The quantitative estimate of drug-likeness (QED) is 0.317. The number of ether oxygens (including phenoxy) is 3. The van der Waals surface area contributed by atoms with Gasteiger partial charge in [-0.25, -0.2) is 0 Å². The van der Waals surface area contributed by atoms with Crippen LogP contribution in [0.1, 0.15) is 15.9 Å². The van der Waals surface area contributed by atoms with Crippen LogP contribution < -0.4 is 14.2 Å². The summed E-state index contributed by atoms with van der Waals surface area (Å²) in [5, 5.41) is 10.1. The molecule has 0 fully saturated rings. The molecule has 0 radical (unpaired) electrons. The number of hydrogen-bond acceptors (Lipinski definition) is 5. The van der Waals surface area contributed by atoms with Crippen LogP contribution in [0.3, 0.4) is 0 Å². The Kier molecular flexibility index (Phi) is 6.94. The van der Waals surface area contributed by atoms with E-state index < -0.39 is 0 Å². The molecule has 0 saturated heterocycles. The average Bonchev–Trinajstić information content (AvgIpc) is 2.61. The molecule has 0 saturated carbocycles. The number of benzene rings is 2. The van der Waals surface area contributed by atoms with Crippen LogP contribution >= 0.6 is 45.2 Å². The molecule has 0 aliphatic rings. The minimum atomic E-state index is -0.300. The minimum absolute atomic E-state index is 0.0186. The maximum absolute atomic E-state index is 12.5. The monoisotopic (exact) mass is 566 g/mol. The Morgan fingerprint density at radius 3 is 2.32 bits per heavy atom. The number of halogens is 2. The Bertz CT molecular complexity index is 831. The fraction of sp³-hybridized carbons (Fsp3) is 0.167. The van der Waals surface area contributed by atoms with Gasteiger partial charge in [0.25, 0.3) is 0 Å². The molecule has 0 aliphatic carbocycles. The number of rotatable bonds is 6. The van der Waals surface area contributed by atoms with Crippen LogP contribution in [0.4, 0.5) is 0 Å². The summed E-state index contributed by atoms with van der Waals surface area (Å²) >= 11 is 4.10. The van der Waals surface area contributed by atoms with E-state index in [4.69, 9.17) is 14.2 Å². The fourth-order valence-corrected chi connectivity index (χ4v) is 4.11. The summed E-state index contributed by atoms with van der Waals surface area (Å²) in [5.74, 6) is 1.13. The average molecular weight is 566 g/mol. The van der Waals surface area contributed by atoms with Crippen molar-refractivity contribution >= 4 is 57.0 Å². The molecule has 132 valence electrons. The van der Waals surface area contributed by atoms with Crippen LogP contribution in [0.15, 0.2) is 30.3 Å². The number of hydrogen-bond donors (Lipinski definition) is 1. The molecule has 1 N–H and O–H groups in total. The van der Waals surface area contributed by atoms with Gasteiger partial charge in [-0.3, -0.25) is 4.79 Å². The molecule has 7 heteroatoms. The van der Waals surface area contributed by atoms with E-state index in [-0.39, 0.29) is 17.1 Å². The molecule has 0 aliphatic heterocycles. The summed E-state index contributed by atoms with van der Waals surface area (Å²) in [6, 6.07) is 6.95. The van der Waals surface area contributed by atoms with E-state index in [1.54, 1.807) is 30.3 Å². The van der Waals surface area contributed by atoms with Gasteiger partial charge in [0.2, 0.25) is 5.75 Å². The second-order valence-corrected chi connectivity index (χ2v) is 7.31. The highest BCUT2D eigenvalue weighted by Crippen LogP contribution is 2.40. The summed E-state index contributed by atoms with van der Waals surface area (Å²) in [6.45, 7) is 0. The number of allylic oxidation sites excluding steroid dienone is 1. The zero-order valence-corrected chi connectivity index (χ0v) is 18.1. The fourth-order valence-electron chi connectivity index (χ4n) is 2.26. The van der Waals surface area contributed by atoms with Gasteiger partial charge in [0.1, 0.15) is 5.75 Å². The summed E-state index contributed by atoms with van der Waals surface area (Å²) < 4.78 is 17.5. The summed E-state index contributed by atoms with van der Waals surface area (Å²) in [7, 11) is 4.58. The lowest BCUT2D eigenvalue weighted by Crippen LogP contribution is -1.99. The third kappa shape index (κ3) is 4.38. The van der Waals surface area contributed by atoms with Crippen molar-refractivity contribution in [2.75, 3.05) is 21.3 Å². The lowest BCUT2D eigenvalue weighted by atomic mass is 10.1. The number of methoxy groups -OCH3 is 3. The third-order valence-electron chi connectivity index (χ3n) is 3.44. The van der Waals surface area contributed by atoms with Crippen LogP contribution in [-0.4, -0.2) is 32.2 Å². The Morgan fingerprint density at radius 2 is 1.72 bits per heavy atom. The first-order chi connectivity index (χ1) is 11.9. The topological polar surface area (TPSA) is 65.0 Å². The van der Waals surface area contributed by atoms with Crippen LogP contribution in [0.25, 0.3) is 6.08 Å². The van der Waals surface area contributed by atoms with Crippen LogP contribution in [0.5, 0.6) is 23.0 Å². The number of carbonyl (C=O) groups is 1. The summed E-state index contributed by atoms with van der Waals surface area (Å²) in [4.78, 5) is 12.5. The van der Waals surface area contributed by atoms with Crippen molar-refractivity contribution in [2.24, 2.45) is 0 Å². The van der Waals surface area contributed by atoms with E-state index in [0.717, 1.165) is 3.57 Å². The first-order valence-corrected chi connectivity index (χ1v) is 9.28. The maximum Gasteiger partial charge on any atom is 0.203 e. The second-order valence-electron chi connectivity index (χ2n) is 4.90. The number of aromatic hydroxyl groups is 1. The number of ketones is 1. The van der Waals surface area contributed by atoms with Crippen molar-refractivity contribution in [2.45, 2.75) is 0 Å². The molecule has 2 aromatic rings. The van der Waals surface area contributed by atoms with Crippen molar-refractivity contribution in [3.05, 3.63) is 48.6 Å². The Hall–Kier alpha value is -1.49. The zero-order chi connectivity index (χ0) is 18.6. The Balaban J connectivity index is 2.41. The zero-order valence-electron chi connectivity index (χ0n) is 13.8. The van der Waals surface area contributed by atoms with Crippen molar-refractivity contribution in [3.63, 3.8) is 0 Å². The predicted octanol–water partition coefficient (Wildman–Crippen LogP) is 4.52. The lowest BCUT2D eigenvalue weighted by Gasteiger charge is -2.14. The van der Waals surface area contributed by atoms with Crippen LogP contribution in [-0.2, 0) is 0 Å². The van der Waals surface area contributed by atoms with Gasteiger partial charge in [-0.05, 0) is 81.6 Å². The van der Waals surface area contributed by atoms with E-state index >= 15 is 0 Å². The molecule has 0 aromatic heterocycles. The molecule has 5 nitrogen and oxygen atoms in total. The molecule has 0 bridgehead atoms. The highest BCUT2D eigenvalue weighted by molar-refractivity contribution is 14.1. The first kappa shape index (κ1) is 19.8. The lowest BCUT2D eigenvalue weighted by molar-refractivity contribution is 0.104. The molecule has 0 heterocycles. The molecule has 25 heavy (non-hydrogen) atoms. The van der Waals surface area contributed by atoms with Gasteiger partial charge in [0, 0.05) is 9.13 Å². The summed E-state index contributed by atoms with van der Waals surface area (Å²) in [5.41, 5.74) is 0.917. The minimum Gasteiger partial charge on any atom is -0.506 e. The maximum atomic E-state index is 12.5. The van der Waals surface area contributed by atoms with E-state index in [1.807, 2.05) is 22.6 Å². The largest absolute Gasteiger partial charge is 0.506 e. The third-order valence-corrected chi connectivity index (χ3v) is 4.89. The molecule has 0 unspecified atom stereocenters. The molecular formula is C18H16I2O5. The molecule has 0 amide bonds. The van der Waals surface area contributed by atoms with Gasteiger partial charge in [-0.1, -0.05) is 0 Å².